The van der Waals surface area contributed by atoms with Gasteiger partial charge < -0.3 is 19.5 Å². The Morgan fingerprint density at radius 1 is 1.05 bits per heavy atom. The molecule has 0 aliphatic carbocycles. The van der Waals surface area contributed by atoms with E-state index < -0.39 is 0 Å². The molecular formula is C14H30N2O4S2. The molecule has 0 aromatic heterocycles. The van der Waals surface area contributed by atoms with E-state index in [1.165, 1.54) is 0 Å². The quantitative estimate of drug-likeness (QED) is 0.219. The lowest BCUT2D eigenvalue weighted by Crippen LogP contribution is -2.28. The third-order valence-electron chi connectivity index (χ3n) is 2.59. The second-order valence-corrected chi connectivity index (χ2v) is 6.25. The maximum absolute atomic E-state index is 11.5. The Hall–Kier alpha value is 0.01000. The number of carbonyl (C=O) groups is 1. The standard InChI is InChI=1S/C14H30N2O4S2/c1-13(21)3-7-18-9-5-15-14(17)4-8-19-11-12-20-10-6-16-22-2/h13,16,21H,3-12H2,1-2H3,(H,15,17). The third kappa shape index (κ3) is 18.1. The molecule has 0 aromatic carbocycles. The second-order valence-electron chi connectivity index (χ2n) is 4.67. The summed E-state index contributed by atoms with van der Waals surface area (Å²) in [7, 11) is 0. The van der Waals surface area contributed by atoms with Gasteiger partial charge in [-0.15, -0.1) is 0 Å². The molecule has 0 aliphatic rings. The van der Waals surface area contributed by atoms with Gasteiger partial charge >= 0.3 is 0 Å². The smallest absolute Gasteiger partial charge is 0.222 e. The molecule has 0 rings (SSSR count). The van der Waals surface area contributed by atoms with E-state index in [4.69, 9.17) is 14.2 Å². The van der Waals surface area contributed by atoms with Gasteiger partial charge in [0.05, 0.1) is 33.0 Å². The molecule has 0 radical (unpaired) electrons. The highest BCUT2D eigenvalue weighted by Gasteiger charge is 2.01. The Morgan fingerprint density at radius 2 is 1.68 bits per heavy atom. The lowest BCUT2D eigenvalue weighted by molar-refractivity contribution is -0.122. The van der Waals surface area contributed by atoms with E-state index in [1.807, 2.05) is 13.2 Å². The molecule has 0 saturated carbocycles. The van der Waals surface area contributed by atoms with Gasteiger partial charge in [-0.1, -0.05) is 18.9 Å². The van der Waals surface area contributed by atoms with Crippen LogP contribution in [0.4, 0.5) is 0 Å². The summed E-state index contributed by atoms with van der Waals surface area (Å²) in [6, 6.07) is 0. The van der Waals surface area contributed by atoms with Crippen LogP contribution in [0.15, 0.2) is 0 Å². The van der Waals surface area contributed by atoms with Gasteiger partial charge in [0.15, 0.2) is 0 Å². The van der Waals surface area contributed by atoms with Gasteiger partial charge in [-0.05, 0) is 12.7 Å². The number of thiol groups is 1. The number of rotatable bonds is 16. The van der Waals surface area contributed by atoms with Crippen LogP contribution in [0, 0.1) is 0 Å². The fourth-order valence-corrected chi connectivity index (χ4v) is 1.80. The van der Waals surface area contributed by atoms with Crippen molar-refractivity contribution in [2.45, 2.75) is 25.0 Å². The number of amides is 1. The van der Waals surface area contributed by atoms with Crippen LogP contribution in [0.25, 0.3) is 0 Å². The van der Waals surface area contributed by atoms with Gasteiger partial charge in [-0.3, -0.25) is 9.52 Å². The molecule has 2 N–H and O–H groups in total. The first-order chi connectivity index (χ1) is 10.7. The van der Waals surface area contributed by atoms with Crippen LogP contribution < -0.4 is 10.0 Å². The third-order valence-corrected chi connectivity index (χ3v) is 3.34. The Labute approximate surface area is 143 Å². The summed E-state index contributed by atoms with van der Waals surface area (Å²) in [6.07, 6.45) is 3.25. The van der Waals surface area contributed by atoms with Crippen molar-refractivity contribution < 1.29 is 19.0 Å². The summed E-state index contributed by atoms with van der Waals surface area (Å²) in [4.78, 5) is 11.5. The molecule has 0 saturated heterocycles. The SMILES string of the molecule is CSNCCOCCOCCC(=O)NCCOCCC(C)S. The Balaban J connectivity index is 3.16. The molecule has 22 heavy (non-hydrogen) atoms. The Kier molecular flexibility index (Phi) is 17.4. The predicted octanol–water partition coefficient (Wildman–Crippen LogP) is 1.12. The fourth-order valence-electron chi connectivity index (χ4n) is 1.41. The van der Waals surface area contributed by atoms with Crippen LogP contribution in [-0.4, -0.2) is 70.1 Å². The summed E-state index contributed by atoms with van der Waals surface area (Å²) < 4.78 is 19.1. The zero-order chi connectivity index (χ0) is 16.5. The minimum absolute atomic E-state index is 0.0174. The lowest BCUT2D eigenvalue weighted by atomic mass is 10.3. The molecular weight excluding hydrogens is 324 g/mol. The van der Waals surface area contributed by atoms with Gasteiger partial charge in [0.2, 0.25) is 5.91 Å². The van der Waals surface area contributed by atoms with Crippen molar-refractivity contribution in [2.24, 2.45) is 0 Å². The Morgan fingerprint density at radius 3 is 2.36 bits per heavy atom. The molecule has 132 valence electrons. The van der Waals surface area contributed by atoms with Crippen LogP contribution in [0.2, 0.25) is 0 Å². The van der Waals surface area contributed by atoms with Crippen LogP contribution in [-0.2, 0) is 19.0 Å². The maximum Gasteiger partial charge on any atom is 0.222 e. The molecule has 1 atom stereocenters. The van der Waals surface area contributed by atoms with E-state index in [0.29, 0.717) is 57.9 Å². The van der Waals surface area contributed by atoms with Crippen LogP contribution in [0.3, 0.4) is 0 Å². The molecule has 0 aliphatic heterocycles. The molecule has 6 nitrogen and oxygen atoms in total. The van der Waals surface area contributed by atoms with Crippen molar-refractivity contribution in [2.75, 3.05) is 59.0 Å². The molecule has 0 aromatic rings. The van der Waals surface area contributed by atoms with Crippen molar-refractivity contribution in [3.63, 3.8) is 0 Å². The zero-order valence-corrected chi connectivity index (χ0v) is 15.3. The average molecular weight is 355 g/mol. The number of ether oxygens (including phenoxy) is 3. The molecule has 1 amide bonds. The van der Waals surface area contributed by atoms with E-state index in [2.05, 4.69) is 22.7 Å². The first-order valence-corrected chi connectivity index (χ1v) is 9.34. The van der Waals surface area contributed by atoms with Crippen molar-refractivity contribution in [1.82, 2.24) is 10.0 Å². The summed E-state index contributed by atoms with van der Waals surface area (Å²) in [6.45, 7) is 6.73. The van der Waals surface area contributed by atoms with E-state index in [1.54, 1.807) is 11.9 Å². The number of nitrogens with one attached hydrogen (secondary N) is 2. The van der Waals surface area contributed by atoms with Gasteiger partial charge in [-0.2, -0.15) is 12.6 Å². The molecule has 0 heterocycles. The highest BCUT2D eigenvalue weighted by molar-refractivity contribution is 7.96. The van der Waals surface area contributed by atoms with Crippen molar-refractivity contribution in [3.8, 4) is 0 Å². The van der Waals surface area contributed by atoms with E-state index in [-0.39, 0.29) is 5.91 Å². The fraction of sp³-hybridized carbons (Fsp3) is 0.929. The van der Waals surface area contributed by atoms with Crippen molar-refractivity contribution in [3.05, 3.63) is 0 Å². The van der Waals surface area contributed by atoms with E-state index in [9.17, 15) is 4.79 Å². The molecule has 0 bridgehead atoms. The minimum Gasteiger partial charge on any atom is -0.380 e. The normalized spacial score (nSPS) is 12.3. The van der Waals surface area contributed by atoms with Crippen molar-refractivity contribution >= 4 is 30.5 Å². The summed E-state index contributed by atoms with van der Waals surface area (Å²) in [5.41, 5.74) is 0. The van der Waals surface area contributed by atoms with Gasteiger partial charge in [-0.25, -0.2) is 0 Å². The number of hydrogen-bond donors (Lipinski definition) is 3. The van der Waals surface area contributed by atoms with Gasteiger partial charge in [0.1, 0.15) is 0 Å². The summed E-state index contributed by atoms with van der Waals surface area (Å²) in [5, 5.41) is 3.14. The minimum atomic E-state index is -0.0174. The second kappa shape index (κ2) is 17.4. The molecule has 0 spiro atoms. The summed E-state index contributed by atoms with van der Waals surface area (Å²) >= 11 is 5.83. The largest absolute Gasteiger partial charge is 0.380 e. The van der Waals surface area contributed by atoms with Gasteiger partial charge in [0.25, 0.3) is 0 Å². The topological polar surface area (TPSA) is 68.8 Å². The van der Waals surface area contributed by atoms with Crippen LogP contribution in [0.5, 0.6) is 0 Å². The zero-order valence-electron chi connectivity index (χ0n) is 13.6. The Bertz CT molecular complexity index is 259. The highest BCUT2D eigenvalue weighted by atomic mass is 32.2. The summed E-state index contributed by atoms with van der Waals surface area (Å²) in [5.74, 6) is -0.0174. The first-order valence-electron chi connectivity index (χ1n) is 7.60. The predicted molar refractivity (Wildman–Crippen MR) is 94.7 cm³/mol. The first kappa shape index (κ1) is 22.0. The van der Waals surface area contributed by atoms with Crippen molar-refractivity contribution in [1.29, 1.82) is 0 Å². The highest BCUT2D eigenvalue weighted by Crippen LogP contribution is 1.98. The average Bonchev–Trinajstić information content (AvgIpc) is 2.48. The lowest BCUT2D eigenvalue weighted by Gasteiger charge is -2.08. The van der Waals surface area contributed by atoms with E-state index in [0.717, 1.165) is 13.0 Å². The molecule has 0 fully saturated rings. The van der Waals surface area contributed by atoms with E-state index >= 15 is 0 Å². The van der Waals surface area contributed by atoms with Gasteiger partial charge in [0, 0.05) is 31.4 Å². The monoisotopic (exact) mass is 354 g/mol. The maximum atomic E-state index is 11.5. The van der Waals surface area contributed by atoms with Crippen LogP contribution >= 0.6 is 24.6 Å². The number of carbonyl (C=O) groups excluding carboxylic acids is 1. The molecule has 1 unspecified atom stereocenters. The molecule has 8 heteroatoms. The van der Waals surface area contributed by atoms with Crippen LogP contribution in [0.1, 0.15) is 19.8 Å². The number of hydrogen-bond acceptors (Lipinski definition) is 7.